The van der Waals surface area contributed by atoms with Gasteiger partial charge in [-0.25, -0.2) is 14.4 Å². The maximum absolute atomic E-state index is 12.8. The van der Waals surface area contributed by atoms with Crippen molar-refractivity contribution in [1.29, 1.82) is 0 Å². The van der Waals surface area contributed by atoms with Crippen molar-refractivity contribution in [3.8, 4) is 0 Å². The van der Waals surface area contributed by atoms with Crippen LogP contribution in [0.1, 0.15) is 12.0 Å². The van der Waals surface area contributed by atoms with Gasteiger partial charge in [0.15, 0.2) is 0 Å². The Kier molecular flexibility index (Phi) is 6.57. The summed E-state index contributed by atoms with van der Waals surface area (Å²) in [7, 11) is 1.69. The van der Waals surface area contributed by atoms with E-state index in [0.29, 0.717) is 0 Å². The molecule has 0 fully saturated rings. The normalized spacial score (nSPS) is 10.5. The number of nitrogens with zero attached hydrogens (tertiary/aromatic N) is 2. The van der Waals surface area contributed by atoms with Gasteiger partial charge in [0.1, 0.15) is 23.8 Å². The second kappa shape index (κ2) is 8.94. The third kappa shape index (κ3) is 5.65. The summed E-state index contributed by atoms with van der Waals surface area (Å²) in [5, 5.41) is 6.46. The fraction of sp³-hybridized carbons (Fsp3) is 0.375. The number of hydrogen-bond donors (Lipinski definition) is 2. The first-order chi connectivity index (χ1) is 10.8. The van der Waals surface area contributed by atoms with Gasteiger partial charge in [0.05, 0.1) is 0 Å². The van der Waals surface area contributed by atoms with E-state index in [1.807, 2.05) is 6.07 Å². The lowest BCUT2D eigenvalue weighted by Gasteiger charge is -2.08. The van der Waals surface area contributed by atoms with Crippen molar-refractivity contribution in [2.75, 3.05) is 37.4 Å². The Balaban J connectivity index is 1.76. The van der Waals surface area contributed by atoms with E-state index in [2.05, 4.69) is 20.6 Å². The number of methoxy groups -OCH3 is 1. The first kappa shape index (κ1) is 16.2. The first-order valence-corrected chi connectivity index (χ1v) is 7.31. The van der Waals surface area contributed by atoms with E-state index in [-0.39, 0.29) is 5.82 Å². The molecule has 0 radical (unpaired) electrons. The van der Waals surface area contributed by atoms with Gasteiger partial charge in [0, 0.05) is 32.9 Å². The van der Waals surface area contributed by atoms with E-state index in [4.69, 9.17) is 4.74 Å². The van der Waals surface area contributed by atoms with Crippen LogP contribution in [0.2, 0.25) is 0 Å². The monoisotopic (exact) mass is 304 g/mol. The molecular formula is C16H21FN4O. The van der Waals surface area contributed by atoms with Crippen LogP contribution in [-0.2, 0) is 11.2 Å². The zero-order valence-corrected chi connectivity index (χ0v) is 12.7. The SMILES string of the molecule is COCCCNc1cc(NCCc2ccc(F)cc2)ncn1. The van der Waals surface area contributed by atoms with Crippen molar-refractivity contribution in [2.45, 2.75) is 12.8 Å². The molecule has 0 atom stereocenters. The third-order valence-corrected chi connectivity index (χ3v) is 3.13. The molecule has 0 saturated carbocycles. The smallest absolute Gasteiger partial charge is 0.131 e. The van der Waals surface area contributed by atoms with Gasteiger partial charge in [-0.05, 0) is 30.5 Å². The summed E-state index contributed by atoms with van der Waals surface area (Å²) < 4.78 is 17.8. The molecule has 5 nitrogen and oxygen atoms in total. The average Bonchev–Trinajstić information content (AvgIpc) is 2.54. The minimum Gasteiger partial charge on any atom is -0.385 e. The fourth-order valence-electron chi connectivity index (χ4n) is 1.97. The van der Waals surface area contributed by atoms with Crippen molar-refractivity contribution < 1.29 is 9.13 Å². The van der Waals surface area contributed by atoms with Gasteiger partial charge < -0.3 is 15.4 Å². The molecular weight excluding hydrogens is 283 g/mol. The van der Waals surface area contributed by atoms with Crippen molar-refractivity contribution in [2.24, 2.45) is 0 Å². The molecule has 6 heteroatoms. The van der Waals surface area contributed by atoms with Gasteiger partial charge in [-0.15, -0.1) is 0 Å². The molecule has 0 bridgehead atoms. The zero-order chi connectivity index (χ0) is 15.6. The van der Waals surface area contributed by atoms with Crippen LogP contribution in [0, 0.1) is 5.82 Å². The van der Waals surface area contributed by atoms with E-state index in [0.717, 1.165) is 49.7 Å². The Morgan fingerprint density at radius 2 is 1.73 bits per heavy atom. The van der Waals surface area contributed by atoms with Gasteiger partial charge in [0.25, 0.3) is 0 Å². The summed E-state index contributed by atoms with van der Waals surface area (Å²) in [6.45, 7) is 2.26. The summed E-state index contributed by atoms with van der Waals surface area (Å²) in [5.74, 6) is 1.35. The zero-order valence-electron chi connectivity index (χ0n) is 12.7. The highest BCUT2D eigenvalue weighted by atomic mass is 19.1. The Hall–Kier alpha value is -2.21. The number of hydrogen-bond acceptors (Lipinski definition) is 5. The number of anilines is 2. The highest BCUT2D eigenvalue weighted by Crippen LogP contribution is 2.09. The van der Waals surface area contributed by atoms with Crippen LogP contribution in [0.5, 0.6) is 0 Å². The number of aromatic nitrogens is 2. The predicted octanol–water partition coefficient (Wildman–Crippen LogP) is 2.72. The molecule has 118 valence electrons. The summed E-state index contributed by atoms with van der Waals surface area (Å²) in [4.78, 5) is 8.35. The molecule has 0 spiro atoms. The summed E-state index contributed by atoms with van der Waals surface area (Å²) in [6.07, 6.45) is 3.26. The highest BCUT2D eigenvalue weighted by Gasteiger charge is 1.99. The van der Waals surface area contributed by atoms with E-state index < -0.39 is 0 Å². The Morgan fingerprint density at radius 1 is 1.05 bits per heavy atom. The van der Waals surface area contributed by atoms with Crippen LogP contribution in [0.4, 0.5) is 16.0 Å². The molecule has 2 rings (SSSR count). The highest BCUT2D eigenvalue weighted by molar-refractivity contribution is 5.46. The van der Waals surface area contributed by atoms with E-state index in [1.54, 1.807) is 19.2 Å². The fourth-order valence-corrected chi connectivity index (χ4v) is 1.97. The molecule has 0 unspecified atom stereocenters. The molecule has 0 amide bonds. The Labute approximate surface area is 129 Å². The van der Waals surface area contributed by atoms with Crippen LogP contribution < -0.4 is 10.6 Å². The van der Waals surface area contributed by atoms with Crippen molar-refractivity contribution in [1.82, 2.24) is 9.97 Å². The van der Waals surface area contributed by atoms with E-state index in [1.165, 1.54) is 18.5 Å². The second-order valence-electron chi connectivity index (χ2n) is 4.86. The number of rotatable bonds is 9. The van der Waals surface area contributed by atoms with Crippen LogP contribution in [0.3, 0.4) is 0 Å². The minimum absolute atomic E-state index is 0.211. The molecule has 1 aromatic carbocycles. The summed E-state index contributed by atoms with van der Waals surface area (Å²) >= 11 is 0. The molecule has 2 N–H and O–H groups in total. The molecule has 1 aromatic heterocycles. The standard InChI is InChI=1S/C16H21FN4O/c1-22-10-2-8-18-15-11-16(21-12-20-15)19-9-7-13-3-5-14(17)6-4-13/h3-6,11-12H,2,7-10H2,1H3,(H2,18,19,20,21). The minimum atomic E-state index is -0.211. The maximum atomic E-state index is 12.8. The van der Waals surface area contributed by atoms with Gasteiger partial charge >= 0.3 is 0 Å². The summed E-state index contributed by atoms with van der Waals surface area (Å²) in [5.41, 5.74) is 1.08. The van der Waals surface area contributed by atoms with Crippen LogP contribution in [-0.4, -0.2) is 36.8 Å². The van der Waals surface area contributed by atoms with Crippen LogP contribution in [0.25, 0.3) is 0 Å². The number of benzene rings is 1. The molecule has 0 aliphatic carbocycles. The lowest BCUT2D eigenvalue weighted by molar-refractivity contribution is 0.198. The maximum Gasteiger partial charge on any atom is 0.131 e. The second-order valence-corrected chi connectivity index (χ2v) is 4.86. The molecule has 0 aliphatic heterocycles. The van der Waals surface area contributed by atoms with Gasteiger partial charge in [0.2, 0.25) is 0 Å². The van der Waals surface area contributed by atoms with Gasteiger partial charge in [-0.1, -0.05) is 12.1 Å². The van der Waals surface area contributed by atoms with Crippen LogP contribution in [0.15, 0.2) is 36.7 Å². The van der Waals surface area contributed by atoms with Crippen molar-refractivity contribution in [3.63, 3.8) is 0 Å². The van der Waals surface area contributed by atoms with Crippen molar-refractivity contribution >= 4 is 11.6 Å². The van der Waals surface area contributed by atoms with Crippen LogP contribution >= 0.6 is 0 Å². The topological polar surface area (TPSA) is 59.1 Å². The van der Waals surface area contributed by atoms with E-state index >= 15 is 0 Å². The van der Waals surface area contributed by atoms with E-state index in [9.17, 15) is 4.39 Å². The first-order valence-electron chi connectivity index (χ1n) is 7.31. The lowest BCUT2D eigenvalue weighted by Crippen LogP contribution is -2.09. The molecule has 0 saturated heterocycles. The Morgan fingerprint density at radius 3 is 2.41 bits per heavy atom. The van der Waals surface area contributed by atoms with Gasteiger partial charge in [-0.3, -0.25) is 0 Å². The number of nitrogens with one attached hydrogen (secondary N) is 2. The number of ether oxygens (including phenoxy) is 1. The predicted molar refractivity (Wildman–Crippen MR) is 85.6 cm³/mol. The summed E-state index contributed by atoms with van der Waals surface area (Å²) in [6, 6.07) is 8.40. The largest absolute Gasteiger partial charge is 0.385 e. The van der Waals surface area contributed by atoms with Gasteiger partial charge in [-0.2, -0.15) is 0 Å². The quantitative estimate of drug-likeness (QED) is 0.698. The average molecular weight is 304 g/mol. The third-order valence-electron chi connectivity index (χ3n) is 3.13. The Bertz CT molecular complexity index is 562. The molecule has 1 heterocycles. The lowest BCUT2D eigenvalue weighted by atomic mass is 10.1. The number of halogens is 1. The molecule has 22 heavy (non-hydrogen) atoms. The molecule has 0 aliphatic rings. The van der Waals surface area contributed by atoms with Crippen molar-refractivity contribution in [3.05, 3.63) is 48.0 Å². The molecule has 2 aromatic rings.